The second-order valence-electron chi connectivity index (χ2n) is 6.58. The summed E-state index contributed by atoms with van der Waals surface area (Å²) < 4.78 is 5.76. The van der Waals surface area contributed by atoms with Crippen molar-refractivity contribution in [1.82, 2.24) is 9.88 Å². The molecule has 0 fully saturated rings. The fourth-order valence-corrected chi connectivity index (χ4v) is 3.10. The minimum absolute atomic E-state index is 0.0360. The van der Waals surface area contributed by atoms with Crippen LogP contribution in [0.3, 0.4) is 0 Å². The molecule has 1 heterocycles. The lowest BCUT2D eigenvalue weighted by Crippen LogP contribution is -2.31. The highest BCUT2D eigenvalue weighted by atomic mass is 16.5. The Labute approximate surface area is 149 Å². The topological polar surface area (TPSA) is 62.4 Å². The summed E-state index contributed by atoms with van der Waals surface area (Å²) in [4.78, 5) is 29.0. The molecule has 1 amide bonds. The molecule has 0 unspecified atom stereocenters. The minimum Gasteiger partial charge on any atom is -0.492 e. The number of rotatable bonds is 6. The molecule has 0 aliphatic carbocycles. The van der Waals surface area contributed by atoms with Gasteiger partial charge >= 0.3 is 0 Å². The zero-order valence-corrected chi connectivity index (χ0v) is 15.8. The van der Waals surface area contributed by atoms with E-state index in [1.54, 1.807) is 18.9 Å². The number of ketones is 1. The van der Waals surface area contributed by atoms with Gasteiger partial charge in [-0.25, -0.2) is 0 Å². The molecule has 2 aromatic rings. The van der Waals surface area contributed by atoms with Gasteiger partial charge in [0.05, 0.1) is 6.54 Å². The van der Waals surface area contributed by atoms with Gasteiger partial charge in [0.25, 0.3) is 5.91 Å². The number of hydrogen-bond acceptors (Lipinski definition) is 3. The summed E-state index contributed by atoms with van der Waals surface area (Å²) in [5, 5.41) is 0. The number of aryl methyl sites for hydroxylation is 3. The highest BCUT2D eigenvalue weighted by Gasteiger charge is 2.22. The molecule has 1 aromatic carbocycles. The van der Waals surface area contributed by atoms with Crippen LogP contribution in [-0.2, 0) is 0 Å². The fraction of sp³-hybridized carbons (Fsp3) is 0.400. The number of carbonyl (C=O) groups is 2. The zero-order valence-electron chi connectivity index (χ0n) is 15.8. The third kappa shape index (κ3) is 4.29. The summed E-state index contributed by atoms with van der Waals surface area (Å²) in [6, 6.07) is 6.05. The Morgan fingerprint density at radius 1 is 1.08 bits per heavy atom. The van der Waals surface area contributed by atoms with Crippen LogP contribution in [0, 0.1) is 27.7 Å². The van der Waals surface area contributed by atoms with Crippen molar-refractivity contribution in [2.24, 2.45) is 0 Å². The van der Waals surface area contributed by atoms with Crippen molar-refractivity contribution in [3.63, 3.8) is 0 Å². The summed E-state index contributed by atoms with van der Waals surface area (Å²) in [6.45, 7) is 10.0. The predicted octanol–water partition coefficient (Wildman–Crippen LogP) is 3.60. The number of nitrogens with zero attached hydrogens (tertiary/aromatic N) is 1. The van der Waals surface area contributed by atoms with Crippen molar-refractivity contribution in [1.29, 1.82) is 0 Å². The number of ether oxygens (including phenoxy) is 1. The van der Waals surface area contributed by atoms with Crippen LogP contribution in [0.5, 0.6) is 5.75 Å². The van der Waals surface area contributed by atoms with Crippen molar-refractivity contribution < 1.29 is 14.3 Å². The van der Waals surface area contributed by atoms with E-state index in [9.17, 15) is 9.59 Å². The predicted molar refractivity (Wildman–Crippen MR) is 98.6 cm³/mol. The molecule has 0 bridgehead atoms. The molecule has 0 saturated heterocycles. The smallest absolute Gasteiger partial charge is 0.270 e. The Bertz CT molecular complexity index is 785. The average Bonchev–Trinajstić information content (AvgIpc) is 2.80. The Balaban J connectivity index is 2.01. The third-order valence-electron chi connectivity index (χ3n) is 4.24. The lowest BCUT2D eigenvalue weighted by atomic mass is 10.1. The molecule has 1 aromatic heterocycles. The van der Waals surface area contributed by atoms with Gasteiger partial charge < -0.3 is 14.6 Å². The van der Waals surface area contributed by atoms with Gasteiger partial charge in [-0.05, 0) is 63.4 Å². The first-order valence-electron chi connectivity index (χ1n) is 8.37. The van der Waals surface area contributed by atoms with E-state index in [0.717, 1.165) is 22.6 Å². The second-order valence-corrected chi connectivity index (χ2v) is 6.58. The molecule has 0 saturated carbocycles. The Hall–Kier alpha value is -2.56. The molecule has 134 valence electrons. The van der Waals surface area contributed by atoms with Crippen LogP contribution in [0.2, 0.25) is 0 Å². The van der Waals surface area contributed by atoms with E-state index in [-0.39, 0.29) is 11.7 Å². The number of benzene rings is 1. The van der Waals surface area contributed by atoms with E-state index in [1.807, 2.05) is 32.9 Å². The van der Waals surface area contributed by atoms with Gasteiger partial charge in [-0.1, -0.05) is 6.07 Å². The molecule has 0 radical (unpaired) electrons. The molecule has 0 atom stereocenters. The van der Waals surface area contributed by atoms with E-state index in [0.29, 0.717) is 30.0 Å². The van der Waals surface area contributed by atoms with Crippen LogP contribution in [-0.4, -0.2) is 41.8 Å². The van der Waals surface area contributed by atoms with E-state index in [1.165, 1.54) is 6.92 Å². The van der Waals surface area contributed by atoms with Crippen LogP contribution in [0.4, 0.5) is 0 Å². The van der Waals surface area contributed by atoms with E-state index in [2.05, 4.69) is 11.1 Å². The van der Waals surface area contributed by atoms with Gasteiger partial charge in [-0.2, -0.15) is 0 Å². The monoisotopic (exact) mass is 342 g/mol. The molecule has 0 spiro atoms. The van der Waals surface area contributed by atoms with Crippen LogP contribution < -0.4 is 4.74 Å². The van der Waals surface area contributed by atoms with Gasteiger partial charge in [0.15, 0.2) is 5.78 Å². The van der Waals surface area contributed by atoms with E-state index < -0.39 is 0 Å². The number of aromatic amines is 1. The molecular formula is C20H26N2O3. The molecule has 0 aliphatic rings. The maximum atomic E-state index is 12.6. The molecule has 0 aliphatic heterocycles. The SMILES string of the molecule is CC(=O)c1c(C)[nH]c(C(=O)N(C)CCOc2cc(C)cc(C)c2)c1C. The van der Waals surface area contributed by atoms with Crippen molar-refractivity contribution in [3.05, 3.63) is 51.8 Å². The number of likely N-dealkylation sites (N-methyl/N-ethyl adjacent to an activating group) is 1. The Morgan fingerprint density at radius 2 is 1.68 bits per heavy atom. The zero-order chi connectivity index (χ0) is 18.7. The van der Waals surface area contributed by atoms with Crippen LogP contribution in [0.1, 0.15) is 50.2 Å². The lowest BCUT2D eigenvalue weighted by Gasteiger charge is -2.17. The average molecular weight is 342 g/mol. The standard InChI is InChI=1S/C20H26N2O3/c1-12-9-13(2)11-17(10-12)25-8-7-22(6)20(24)19-14(3)18(16(5)23)15(4)21-19/h9-11,21H,7-8H2,1-6H3. The van der Waals surface area contributed by atoms with Gasteiger partial charge in [0, 0.05) is 18.3 Å². The third-order valence-corrected chi connectivity index (χ3v) is 4.24. The van der Waals surface area contributed by atoms with Gasteiger partial charge in [-0.3, -0.25) is 9.59 Å². The molecule has 2 rings (SSSR count). The van der Waals surface area contributed by atoms with Gasteiger partial charge in [-0.15, -0.1) is 0 Å². The van der Waals surface area contributed by atoms with Crippen molar-refractivity contribution in [2.75, 3.05) is 20.2 Å². The highest BCUT2D eigenvalue weighted by Crippen LogP contribution is 2.20. The van der Waals surface area contributed by atoms with Gasteiger partial charge in [0.1, 0.15) is 18.1 Å². The highest BCUT2D eigenvalue weighted by molar-refractivity contribution is 6.02. The lowest BCUT2D eigenvalue weighted by molar-refractivity contribution is 0.0767. The van der Waals surface area contributed by atoms with Crippen molar-refractivity contribution >= 4 is 11.7 Å². The quantitative estimate of drug-likeness (QED) is 0.816. The molecule has 5 nitrogen and oxygen atoms in total. The first kappa shape index (κ1) is 18.8. The van der Waals surface area contributed by atoms with Crippen LogP contribution in [0.15, 0.2) is 18.2 Å². The van der Waals surface area contributed by atoms with Crippen LogP contribution in [0.25, 0.3) is 0 Å². The number of amides is 1. The first-order valence-corrected chi connectivity index (χ1v) is 8.37. The maximum Gasteiger partial charge on any atom is 0.270 e. The minimum atomic E-state index is -0.142. The van der Waals surface area contributed by atoms with E-state index in [4.69, 9.17) is 4.74 Å². The summed E-state index contributed by atoms with van der Waals surface area (Å²) >= 11 is 0. The summed E-state index contributed by atoms with van der Waals surface area (Å²) in [7, 11) is 1.73. The fourth-order valence-electron chi connectivity index (χ4n) is 3.10. The number of nitrogens with one attached hydrogen (secondary N) is 1. The van der Waals surface area contributed by atoms with Gasteiger partial charge in [0.2, 0.25) is 0 Å². The Kier molecular flexibility index (Phi) is 5.67. The van der Waals surface area contributed by atoms with Crippen molar-refractivity contribution in [2.45, 2.75) is 34.6 Å². The molecular weight excluding hydrogens is 316 g/mol. The largest absolute Gasteiger partial charge is 0.492 e. The van der Waals surface area contributed by atoms with Crippen LogP contribution >= 0.6 is 0 Å². The Morgan fingerprint density at radius 3 is 2.20 bits per heavy atom. The summed E-state index contributed by atoms with van der Waals surface area (Å²) in [5.41, 5.74) is 4.80. The molecule has 1 N–H and O–H groups in total. The van der Waals surface area contributed by atoms with E-state index >= 15 is 0 Å². The maximum absolute atomic E-state index is 12.6. The number of H-pyrrole nitrogens is 1. The number of Topliss-reactive ketones (excluding diaryl/α,β-unsaturated/α-hetero) is 1. The first-order chi connectivity index (χ1) is 11.7. The second kappa shape index (κ2) is 7.55. The summed E-state index contributed by atoms with van der Waals surface area (Å²) in [6.07, 6.45) is 0. The number of carbonyl (C=O) groups excluding carboxylic acids is 2. The number of hydrogen-bond donors (Lipinski definition) is 1. The number of aromatic nitrogens is 1. The normalized spacial score (nSPS) is 10.6. The molecule has 25 heavy (non-hydrogen) atoms. The summed E-state index contributed by atoms with van der Waals surface area (Å²) in [5.74, 6) is 0.632. The molecule has 5 heteroatoms. The van der Waals surface area contributed by atoms with Crippen molar-refractivity contribution in [3.8, 4) is 5.75 Å².